The normalized spacial score (nSPS) is 11.4. The molecule has 6 nitrogen and oxygen atoms in total. The topological polar surface area (TPSA) is 93.6 Å². The van der Waals surface area contributed by atoms with E-state index < -0.39 is 0 Å². The van der Waals surface area contributed by atoms with Crippen LogP contribution in [0.2, 0.25) is 0 Å². The second kappa shape index (κ2) is 5.56. The summed E-state index contributed by atoms with van der Waals surface area (Å²) in [6, 6.07) is 5.39. The number of aromatic nitrogens is 2. The Morgan fingerprint density at radius 2 is 2.00 bits per heavy atom. The number of hydrogen-bond donors (Lipinski definition) is 2. The molecule has 0 amide bonds. The molecule has 0 fully saturated rings. The van der Waals surface area contributed by atoms with Crippen molar-refractivity contribution in [3.05, 3.63) is 47.0 Å². The van der Waals surface area contributed by atoms with Gasteiger partial charge in [0.05, 0.1) is 17.5 Å². The molecular formula is C14H16N4O2. The van der Waals surface area contributed by atoms with Crippen LogP contribution < -0.4 is 10.5 Å². The first kappa shape index (κ1) is 13.8. The van der Waals surface area contributed by atoms with Crippen molar-refractivity contribution in [1.29, 1.82) is 0 Å². The number of oxime groups is 1. The summed E-state index contributed by atoms with van der Waals surface area (Å²) in [4.78, 5) is 8.45. The summed E-state index contributed by atoms with van der Waals surface area (Å²) in [6.45, 7) is 5.52. The van der Waals surface area contributed by atoms with Gasteiger partial charge in [-0.05, 0) is 32.9 Å². The van der Waals surface area contributed by atoms with Gasteiger partial charge in [0.15, 0.2) is 5.84 Å². The lowest BCUT2D eigenvalue weighted by Crippen LogP contribution is -2.17. The van der Waals surface area contributed by atoms with E-state index in [0.29, 0.717) is 22.8 Å². The molecule has 2 rings (SSSR count). The largest absolute Gasteiger partial charge is 0.455 e. The quantitative estimate of drug-likeness (QED) is 0.387. The van der Waals surface area contributed by atoms with Crippen molar-refractivity contribution in [3.63, 3.8) is 0 Å². The number of ether oxygens (including phenoxy) is 1. The molecule has 0 spiro atoms. The maximum atomic E-state index is 8.88. The van der Waals surface area contributed by atoms with Crippen LogP contribution >= 0.6 is 0 Å². The van der Waals surface area contributed by atoms with Crippen molar-refractivity contribution in [2.75, 3.05) is 0 Å². The van der Waals surface area contributed by atoms with Crippen molar-refractivity contribution in [1.82, 2.24) is 9.97 Å². The van der Waals surface area contributed by atoms with Gasteiger partial charge in [-0.25, -0.2) is 0 Å². The van der Waals surface area contributed by atoms with E-state index >= 15 is 0 Å². The third-order valence-corrected chi connectivity index (χ3v) is 2.77. The predicted octanol–water partition coefficient (Wildman–Crippen LogP) is 2.29. The van der Waals surface area contributed by atoms with Crippen LogP contribution in [0.4, 0.5) is 0 Å². The van der Waals surface area contributed by atoms with Crippen LogP contribution in [0.15, 0.2) is 29.6 Å². The second-order valence-corrected chi connectivity index (χ2v) is 4.44. The van der Waals surface area contributed by atoms with Crippen molar-refractivity contribution in [2.24, 2.45) is 10.9 Å². The third kappa shape index (κ3) is 2.85. The number of rotatable bonds is 3. The van der Waals surface area contributed by atoms with E-state index in [2.05, 4.69) is 15.1 Å². The first-order chi connectivity index (χ1) is 9.51. The van der Waals surface area contributed by atoms with E-state index in [1.807, 2.05) is 26.0 Å². The number of hydrogen-bond acceptors (Lipinski definition) is 5. The van der Waals surface area contributed by atoms with E-state index in [9.17, 15) is 0 Å². The van der Waals surface area contributed by atoms with Crippen LogP contribution in [-0.4, -0.2) is 21.0 Å². The highest BCUT2D eigenvalue weighted by atomic mass is 16.5. The number of aryl methyl sites for hydroxylation is 3. The van der Waals surface area contributed by atoms with Crippen molar-refractivity contribution >= 4 is 5.84 Å². The zero-order chi connectivity index (χ0) is 14.7. The Kier molecular flexibility index (Phi) is 3.84. The van der Waals surface area contributed by atoms with Crippen LogP contribution in [-0.2, 0) is 0 Å². The van der Waals surface area contributed by atoms with E-state index in [1.165, 1.54) is 0 Å². The molecule has 2 heterocycles. The van der Waals surface area contributed by atoms with Crippen molar-refractivity contribution < 1.29 is 9.94 Å². The minimum atomic E-state index is -0.0370. The summed E-state index contributed by atoms with van der Waals surface area (Å²) >= 11 is 0. The highest BCUT2D eigenvalue weighted by Gasteiger charge is 2.15. The van der Waals surface area contributed by atoms with E-state index in [-0.39, 0.29) is 5.84 Å². The molecule has 0 bridgehead atoms. The second-order valence-electron chi connectivity index (χ2n) is 4.44. The molecule has 0 saturated carbocycles. The molecular weight excluding hydrogens is 256 g/mol. The summed E-state index contributed by atoms with van der Waals surface area (Å²) < 4.78 is 5.77. The monoisotopic (exact) mass is 272 g/mol. The Morgan fingerprint density at radius 3 is 2.60 bits per heavy atom. The summed E-state index contributed by atoms with van der Waals surface area (Å²) in [6.07, 6.45) is 1.62. The molecule has 0 aromatic carbocycles. The lowest BCUT2D eigenvalue weighted by atomic mass is 10.1. The highest BCUT2D eigenvalue weighted by Crippen LogP contribution is 2.27. The lowest BCUT2D eigenvalue weighted by molar-refractivity contribution is 0.318. The molecule has 0 aliphatic rings. The van der Waals surface area contributed by atoms with E-state index in [4.69, 9.17) is 15.7 Å². The maximum absolute atomic E-state index is 8.88. The summed E-state index contributed by atoms with van der Waals surface area (Å²) in [7, 11) is 0. The molecule has 2 aromatic heterocycles. The highest BCUT2D eigenvalue weighted by molar-refractivity contribution is 6.00. The van der Waals surface area contributed by atoms with Gasteiger partial charge >= 0.3 is 0 Å². The fraction of sp³-hybridized carbons (Fsp3) is 0.214. The Morgan fingerprint density at radius 1 is 1.25 bits per heavy atom. The standard InChI is InChI=1S/C14H16N4O2/c1-8-4-5-11(7-16-8)20-12-6-9(2)17-10(3)13(12)14(15)18-19/h4-7,19H,1-3H3,(H2,15,18). The molecule has 2 aromatic rings. The fourth-order valence-corrected chi connectivity index (χ4v) is 1.88. The van der Waals surface area contributed by atoms with Crippen LogP contribution in [0.25, 0.3) is 0 Å². The van der Waals surface area contributed by atoms with Crippen molar-refractivity contribution in [2.45, 2.75) is 20.8 Å². The molecule has 0 atom stereocenters. The first-order valence-electron chi connectivity index (χ1n) is 6.08. The van der Waals surface area contributed by atoms with Gasteiger partial charge in [0, 0.05) is 17.5 Å². The number of pyridine rings is 2. The fourth-order valence-electron chi connectivity index (χ4n) is 1.88. The molecule has 0 aliphatic carbocycles. The number of amidine groups is 1. The maximum Gasteiger partial charge on any atom is 0.175 e. The van der Waals surface area contributed by atoms with Crippen LogP contribution in [0.1, 0.15) is 22.6 Å². The first-order valence-corrected chi connectivity index (χ1v) is 6.08. The average molecular weight is 272 g/mol. The van der Waals surface area contributed by atoms with Gasteiger partial charge in [-0.15, -0.1) is 0 Å². The van der Waals surface area contributed by atoms with Crippen LogP contribution in [0.3, 0.4) is 0 Å². The Labute approximate surface area is 116 Å². The summed E-state index contributed by atoms with van der Waals surface area (Å²) in [5.74, 6) is 1.02. The van der Waals surface area contributed by atoms with Gasteiger partial charge in [0.2, 0.25) is 0 Å². The van der Waals surface area contributed by atoms with Crippen LogP contribution in [0.5, 0.6) is 11.5 Å². The van der Waals surface area contributed by atoms with Gasteiger partial charge in [0.1, 0.15) is 11.5 Å². The van der Waals surface area contributed by atoms with E-state index in [0.717, 1.165) is 11.4 Å². The Hall–Kier alpha value is -2.63. The summed E-state index contributed by atoms with van der Waals surface area (Å²) in [5.41, 5.74) is 8.48. The van der Waals surface area contributed by atoms with Gasteiger partial charge in [-0.1, -0.05) is 5.16 Å². The molecule has 3 N–H and O–H groups in total. The Balaban J connectivity index is 2.47. The zero-order valence-electron chi connectivity index (χ0n) is 11.6. The molecule has 6 heteroatoms. The molecule has 104 valence electrons. The summed E-state index contributed by atoms with van der Waals surface area (Å²) in [5, 5.41) is 11.9. The molecule has 0 radical (unpaired) electrons. The smallest absolute Gasteiger partial charge is 0.175 e. The predicted molar refractivity (Wildman–Crippen MR) is 75.3 cm³/mol. The average Bonchev–Trinajstić information content (AvgIpc) is 2.40. The third-order valence-electron chi connectivity index (χ3n) is 2.77. The molecule has 0 saturated heterocycles. The van der Waals surface area contributed by atoms with Gasteiger partial charge < -0.3 is 15.7 Å². The molecule has 0 unspecified atom stereocenters. The lowest BCUT2D eigenvalue weighted by Gasteiger charge is -2.13. The minimum absolute atomic E-state index is 0.0370. The molecule has 0 aliphatic heterocycles. The minimum Gasteiger partial charge on any atom is -0.455 e. The zero-order valence-corrected chi connectivity index (χ0v) is 11.6. The Bertz CT molecular complexity index is 651. The number of nitrogens with two attached hydrogens (primary N) is 1. The van der Waals surface area contributed by atoms with Crippen LogP contribution in [0, 0.1) is 20.8 Å². The van der Waals surface area contributed by atoms with Gasteiger partial charge in [-0.2, -0.15) is 0 Å². The number of nitrogens with zero attached hydrogens (tertiary/aromatic N) is 3. The molecule has 20 heavy (non-hydrogen) atoms. The van der Waals surface area contributed by atoms with E-state index in [1.54, 1.807) is 19.2 Å². The SMILES string of the molecule is Cc1ccc(Oc2cc(C)nc(C)c2/C(N)=N/O)cn1. The van der Waals surface area contributed by atoms with Gasteiger partial charge in [-0.3, -0.25) is 9.97 Å². The van der Waals surface area contributed by atoms with Crippen molar-refractivity contribution in [3.8, 4) is 11.5 Å². The van der Waals surface area contributed by atoms with Gasteiger partial charge in [0.25, 0.3) is 0 Å².